The number of nitrogens with zero attached hydrogens (tertiary/aromatic N) is 1. The second-order valence-electron chi connectivity index (χ2n) is 7.23. The molecule has 0 aliphatic rings. The van der Waals surface area contributed by atoms with Crippen LogP contribution in [0, 0.1) is 5.92 Å². The Morgan fingerprint density at radius 2 is 1.30 bits per heavy atom. The summed E-state index contributed by atoms with van der Waals surface area (Å²) in [6.45, 7) is 3.35. The summed E-state index contributed by atoms with van der Waals surface area (Å²) in [5.74, 6) is 1.87. The highest BCUT2D eigenvalue weighted by Gasteiger charge is 2.13. The van der Waals surface area contributed by atoms with Crippen molar-refractivity contribution in [3.8, 4) is 11.5 Å². The maximum atomic E-state index is 5.86. The minimum atomic E-state index is -0.0987. The molecule has 0 radical (unpaired) electrons. The third-order valence-electron chi connectivity index (χ3n) is 4.84. The topological polar surface area (TPSA) is 40.0 Å². The Morgan fingerprint density at radius 3 is 1.80 bits per heavy atom. The summed E-state index contributed by atoms with van der Waals surface area (Å²) < 4.78 is 16.4. The van der Waals surface area contributed by atoms with Gasteiger partial charge >= 0.3 is 0 Å². The van der Waals surface area contributed by atoms with Gasteiger partial charge in [-0.15, -0.1) is 0 Å². The largest absolute Gasteiger partial charge is 0.497 e. The molecule has 0 bridgehead atoms. The lowest BCUT2D eigenvalue weighted by Gasteiger charge is -2.16. The SMILES string of the molecule is COc1ccc(C(N=C[C@@H](C)COCc2ccccc2)c2ccc(OC)cc2)cc1. The summed E-state index contributed by atoms with van der Waals surface area (Å²) in [5.41, 5.74) is 3.39. The average Bonchev–Trinajstić information content (AvgIpc) is 2.80. The van der Waals surface area contributed by atoms with E-state index in [4.69, 9.17) is 19.2 Å². The molecule has 0 fully saturated rings. The number of methoxy groups -OCH3 is 2. The molecule has 4 heteroatoms. The van der Waals surface area contributed by atoms with Crippen molar-refractivity contribution in [2.24, 2.45) is 10.9 Å². The highest BCUT2D eigenvalue weighted by Crippen LogP contribution is 2.29. The zero-order valence-corrected chi connectivity index (χ0v) is 17.8. The number of ether oxygens (including phenoxy) is 3. The molecule has 156 valence electrons. The molecule has 0 aliphatic heterocycles. The Labute approximate surface area is 179 Å². The molecule has 0 unspecified atom stereocenters. The molecule has 0 spiro atoms. The summed E-state index contributed by atoms with van der Waals surface area (Å²) >= 11 is 0. The van der Waals surface area contributed by atoms with Crippen LogP contribution in [-0.4, -0.2) is 27.0 Å². The van der Waals surface area contributed by atoms with E-state index < -0.39 is 0 Å². The van der Waals surface area contributed by atoms with E-state index in [1.807, 2.05) is 48.7 Å². The van der Waals surface area contributed by atoms with Crippen molar-refractivity contribution in [2.75, 3.05) is 20.8 Å². The van der Waals surface area contributed by atoms with Crippen molar-refractivity contribution in [1.29, 1.82) is 0 Å². The van der Waals surface area contributed by atoms with E-state index >= 15 is 0 Å². The van der Waals surface area contributed by atoms with Crippen LogP contribution >= 0.6 is 0 Å². The van der Waals surface area contributed by atoms with Crippen LogP contribution in [0.5, 0.6) is 11.5 Å². The first-order valence-electron chi connectivity index (χ1n) is 10.1. The van der Waals surface area contributed by atoms with Crippen LogP contribution < -0.4 is 9.47 Å². The Bertz CT molecular complexity index is 858. The molecule has 0 saturated heterocycles. The van der Waals surface area contributed by atoms with Gasteiger partial charge in [-0.05, 0) is 41.0 Å². The summed E-state index contributed by atoms with van der Waals surface area (Å²) in [4.78, 5) is 4.91. The lowest BCUT2D eigenvalue weighted by molar-refractivity contribution is 0.109. The molecule has 0 aromatic heterocycles. The van der Waals surface area contributed by atoms with E-state index in [1.165, 1.54) is 5.56 Å². The van der Waals surface area contributed by atoms with Crippen LogP contribution in [0.4, 0.5) is 0 Å². The molecule has 0 heterocycles. The van der Waals surface area contributed by atoms with Gasteiger partial charge in [-0.3, -0.25) is 4.99 Å². The van der Waals surface area contributed by atoms with Gasteiger partial charge in [0.25, 0.3) is 0 Å². The van der Waals surface area contributed by atoms with Crippen LogP contribution in [0.3, 0.4) is 0 Å². The molecular weight excluding hydrogens is 374 g/mol. The van der Waals surface area contributed by atoms with Gasteiger partial charge in [0, 0.05) is 12.1 Å². The summed E-state index contributed by atoms with van der Waals surface area (Å²) in [5, 5.41) is 0. The van der Waals surface area contributed by atoms with Gasteiger partial charge in [-0.1, -0.05) is 61.5 Å². The number of benzene rings is 3. The predicted octanol–water partition coefficient (Wildman–Crippen LogP) is 5.72. The van der Waals surface area contributed by atoms with Crippen LogP contribution in [0.25, 0.3) is 0 Å². The van der Waals surface area contributed by atoms with Gasteiger partial charge in [-0.2, -0.15) is 0 Å². The fourth-order valence-corrected chi connectivity index (χ4v) is 3.15. The van der Waals surface area contributed by atoms with E-state index in [0.717, 1.165) is 22.6 Å². The molecular formula is C26H29NO3. The summed E-state index contributed by atoms with van der Waals surface area (Å²) in [6.07, 6.45) is 1.99. The van der Waals surface area contributed by atoms with E-state index in [0.29, 0.717) is 13.2 Å². The van der Waals surface area contributed by atoms with Crippen LogP contribution in [0.15, 0.2) is 83.9 Å². The van der Waals surface area contributed by atoms with Gasteiger partial charge in [0.15, 0.2) is 0 Å². The first kappa shape index (κ1) is 21.6. The quantitative estimate of drug-likeness (QED) is 0.407. The van der Waals surface area contributed by atoms with Gasteiger partial charge in [0.2, 0.25) is 0 Å². The molecule has 30 heavy (non-hydrogen) atoms. The third kappa shape index (κ3) is 6.19. The Hall–Kier alpha value is -3.11. The summed E-state index contributed by atoms with van der Waals surface area (Å²) in [7, 11) is 3.34. The fraction of sp³-hybridized carbons (Fsp3) is 0.269. The normalized spacial score (nSPS) is 12.3. The third-order valence-corrected chi connectivity index (χ3v) is 4.84. The van der Waals surface area contributed by atoms with Gasteiger partial charge in [0.1, 0.15) is 11.5 Å². The molecule has 0 N–H and O–H groups in total. The Kier molecular flexibility index (Phi) is 8.04. The lowest BCUT2D eigenvalue weighted by Crippen LogP contribution is -2.09. The predicted molar refractivity (Wildman–Crippen MR) is 122 cm³/mol. The van der Waals surface area contributed by atoms with Crippen molar-refractivity contribution < 1.29 is 14.2 Å². The van der Waals surface area contributed by atoms with Crippen LogP contribution in [0.2, 0.25) is 0 Å². The minimum Gasteiger partial charge on any atom is -0.497 e. The second-order valence-corrected chi connectivity index (χ2v) is 7.23. The number of hydrogen-bond donors (Lipinski definition) is 0. The fourth-order valence-electron chi connectivity index (χ4n) is 3.15. The maximum Gasteiger partial charge on any atom is 0.118 e. The lowest BCUT2D eigenvalue weighted by atomic mass is 9.99. The van der Waals surface area contributed by atoms with Gasteiger partial charge in [0.05, 0.1) is 33.5 Å². The molecule has 4 nitrogen and oxygen atoms in total. The van der Waals surface area contributed by atoms with E-state index in [9.17, 15) is 0 Å². The molecule has 3 aromatic carbocycles. The second kappa shape index (κ2) is 11.2. The molecule has 0 amide bonds. The number of hydrogen-bond acceptors (Lipinski definition) is 4. The van der Waals surface area contributed by atoms with Gasteiger partial charge in [-0.25, -0.2) is 0 Å². The summed E-state index contributed by atoms with van der Waals surface area (Å²) in [6, 6.07) is 26.2. The first-order valence-corrected chi connectivity index (χ1v) is 10.1. The monoisotopic (exact) mass is 403 g/mol. The van der Waals surface area contributed by atoms with Crippen molar-refractivity contribution in [3.05, 3.63) is 95.6 Å². The Balaban J connectivity index is 1.70. The Morgan fingerprint density at radius 1 is 0.767 bits per heavy atom. The van der Waals surface area contributed by atoms with E-state index in [1.54, 1.807) is 14.2 Å². The van der Waals surface area contributed by atoms with Crippen molar-refractivity contribution in [3.63, 3.8) is 0 Å². The van der Waals surface area contributed by atoms with Crippen LogP contribution in [-0.2, 0) is 11.3 Å². The van der Waals surface area contributed by atoms with Crippen molar-refractivity contribution in [1.82, 2.24) is 0 Å². The molecule has 0 aliphatic carbocycles. The maximum absolute atomic E-state index is 5.86. The molecule has 3 aromatic rings. The highest BCUT2D eigenvalue weighted by molar-refractivity contribution is 5.61. The van der Waals surface area contributed by atoms with E-state index in [2.05, 4.69) is 43.3 Å². The molecule has 1 atom stereocenters. The van der Waals surface area contributed by atoms with Gasteiger partial charge < -0.3 is 14.2 Å². The molecule has 3 rings (SSSR count). The average molecular weight is 404 g/mol. The van der Waals surface area contributed by atoms with E-state index in [-0.39, 0.29) is 12.0 Å². The zero-order chi connectivity index (χ0) is 21.2. The minimum absolute atomic E-state index is 0.0987. The first-order chi connectivity index (χ1) is 14.7. The molecule has 0 saturated carbocycles. The zero-order valence-electron chi connectivity index (χ0n) is 17.8. The smallest absolute Gasteiger partial charge is 0.118 e. The number of aliphatic imine (C=N–C) groups is 1. The number of rotatable bonds is 10. The van der Waals surface area contributed by atoms with Crippen LogP contribution in [0.1, 0.15) is 29.7 Å². The van der Waals surface area contributed by atoms with Crippen molar-refractivity contribution in [2.45, 2.75) is 19.6 Å². The van der Waals surface area contributed by atoms with Crippen molar-refractivity contribution >= 4 is 6.21 Å². The standard InChI is InChI=1S/C26H29NO3/c1-20(18-30-19-21-7-5-4-6-8-21)17-27-26(22-9-13-24(28-2)14-10-22)23-11-15-25(29-3)16-12-23/h4-17,20,26H,18-19H2,1-3H3/t20-/m1/s1. The highest BCUT2D eigenvalue weighted by atomic mass is 16.5.